The van der Waals surface area contributed by atoms with Gasteiger partial charge in [0, 0.05) is 25.2 Å². The summed E-state index contributed by atoms with van der Waals surface area (Å²) in [5.74, 6) is -2.15. The topological polar surface area (TPSA) is 135 Å². The Morgan fingerprint density at radius 3 is 1.55 bits per heavy atom. The number of amides is 3. The first kappa shape index (κ1) is 45.0. The fourth-order valence-electron chi connectivity index (χ4n) is 6.27. The molecule has 306 valence electrons. The van der Waals surface area contributed by atoms with Crippen molar-refractivity contribution in [2.75, 3.05) is 61.1 Å². The molecule has 2 heterocycles. The molecule has 2 aliphatic rings. The number of carbonyl (C=O) groups excluding carboxylic acids is 4. The van der Waals surface area contributed by atoms with Gasteiger partial charge in [0.2, 0.25) is 0 Å². The molecule has 15 heteroatoms. The molecule has 0 spiro atoms. The van der Waals surface area contributed by atoms with Crippen LogP contribution in [0.25, 0.3) is 0 Å². The molecule has 6 atom stereocenters. The highest BCUT2D eigenvalue weighted by molar-refractivity contribution is 6.34. The number of halogens is 3. The summed E-state index contributed by atoms with van der Waals surface area (Å²) in [5.41, 5.74) is 6.99. The summed E-state index contributed by atoms with van der Waals surface area (Å²) in [6, 6.07) is 15.0. The van der Waals surface area contributed by atoms with E-state index in [9.17, 15) is 32.3 Å². The van der Waals surface area contributed by atoms with Gasteiger partial charge in [-0.1, -0.05) is 38.1 Å². The summed E-state index contributed by atoms with van der Waals surface area (Å²) in [6.45, 7) is 8.24. The molecule has 2 fully saturated rings. The van der Waals surface area contributed by atoms with Crippen LogP contribution in [0.5, 0.6) is 11.5 Å². The van der Waals surface area contributed by atoms with Crippen molar-refractivity contribution in [1.29, 1.82) is 0 Å². The predicted octanol–water partition coefficient (Wildman–Crippen LogP) is 5.22. The molecule has 0 unspecified atom stereocenters. The van der Waals surface area contributed by atoms with Crippen molar-refractivity contribution in [2.24, 2.45) is 17.6 Å². The number of nitrogens with zero attached hydrogens (tertiary/aromatic N) is 4. The summed E-state index contributed by atoms with van der Waals surface area (Å²) >= 11 is 0. The maximum Gasteiger partial charge on any atom is 0.422 e. The fourth-order valence-corrected chi connectivity index (χ4v) is 6.27. The van der Waals surface area contributed by atoms with E-state index in [1.165, 1.54) is 4.90 Å². The van der Waals surface area contributed by atoms with E-state index in [-0.39, 0.29) is 24.5 Å². The minimum Gasteiger partial charge on any atom is -0.492 e. The van der Waals surface area contributed by atoms with Crippen LogP contribution < -0.4 is 15.2 Å². The number of primary amides is 1. The van der Waals surface area contributed by atoms with Gasteiger partial charge < -0.3 is 39.5 Å². The van der Waals surface area contributed by atoms with Crippen LogP contribution in [-0.4, -0.2) is 123 Å². The Morgan fingerprint density at radius 2 is 1.16 bits per heavy atom. The number of rotatable bonds is 11. The average Bonchev–Trinajstić information content (AvgIpc) is 3.14. The quantitative estimate of drug-likeness (QED) is 0.241. The average molecular weight is 778 g/mol. The molecule has 2 aromatic carbocycles. The first-order chi connectivity index (χ1) is 25.8. The van der Waals surface area contributed by atoms with Crippen molar-refractivity contribution in [3.63, 3.8) is 0 Å². The summed E-state index contributed by atoms with van der Waals surface area (Å²) in [7, 11) is 7.94. The number of alkyl halides is 3. The van der Waals surface area contributed by atoms with Crippen molar-refractivity contribution in [3.05, 3.63) is 59.7 Å². The highest BCUT2D eigenvalue weighted by atomic mass is 19.4. The number of ether oxygens (including phenoxy) is 3. The van der Waals surface area contributed by atoms with E-state index in [2.05, 4.69) is 23.5 Å². The van der Waals surface area contributed by atoms with E-state index in [4.69, 9.17) is 15.2 Å². The Kier molecular flexibility index (Phi) is 16.8. The van der Waals surface area contributed by atoms with Gasteiger partial charge in [0.1, 0.15) is 24.7 Å². The lowest BCUT2D eigenvalue weighted by molar-refractivity contribution is -0.190. The Bertz CT molecular complexity index is 1590. The lowest BCUT2D eigenvalue weighted by Crippen LogP contribution is -2.46. The Morgan fingerprint density at radius 1 is 0.745 bits per heavy atom. The van der Waals surface area contributed by atoms with Crippen LogP contribution >= 0.6 is 0 Å². The number of piperidine rings is 2. The lowest BCUT2D eigenvalue weighted by Gasteiger charge is -2.38. The number of hydrogen-bond acceptors (Lipinski definition) is 9. The molecular weight excluding hydrogens is 719 g/mol. The van der Waals surface area contributed by atoms with Gasteiger partial charge in [0.15, 0.2) is 6.61 Å². The van der Waals surface area contributed by atoms with Crippen molar-refractivity contribution in [2.45, 2.75) is 83.7 Å². The molecule has 3 amide bonds. The summed E-state index contributed by atoms with van der Waals surface area (Å²) in [5, 5.41) is 0. The molecule has 55 heavy (non-hydrogen) atoms. The zero-order valence-corrected chi connectivity index (χ0v) is 33.3. The fraction of sp³-hybridized carbons (Fsp3) is 0.600. The van der Waals surface area contributed by atoms with Crippen LogP contribution in [0.4, 0.5) is 13.2 Å². The number of benzene rings is 2. The molecular formula is C40H58F3N5O7. The standard InChI is InChI=1S/C21H29F3N2O4.C19H29N3O3/c1-14-8-9-18(26(11-14)19(27)20(28)30-13-21(22,23)24)16-6-5-7-17(10-16)29-12-15(2)25(3)4;1-13-8-9-17(22(11-13)19(24)18(20)23)15-6-5-7-16(10-15)25-12-14(2)21(3)4/h5-7,10,14-15,18H,8-9,11-13H2,1-4H3;5-7,10,13-14,17H,8-9,11-12H2,1-4H3,(H2,20,23)/t14-,15-,18+;13-,14-,17+/m00/s1. The Labute approximate surface area is 323 Å². The number of esters is 1. The highest BCUT2D eigenvalue weighted by Crippen LogP contribution is 2.36. The van der Waals surface area contributed by atoms with Crippen LogP contribution in [-0.2, 0) is 23.9 Å². The number of hydrogen-bond donors (Lipinski definition) is 1. The van der Waals surface area contributed by atoms with Crippen LogP contribution in [0.1, 0.15) is 76.6 Å². The molecule has 2 N–H and O–H groups in total. The number of nitrogens with two attached hydrogens (primary N) is 1. The SMILES string of the molecule is C[C@H]1CC[C@H](c2cccc(OC[C@H](C)N(C)C)c2)N(C(=O)C(=O)OCC(F)(F)F)C1.C[C@H]1CC[C@H](c2cccc(OC[C@H](C)N(C)C)c2)N(C(=O)C(N)=O)C1. The Hall–Kier alpha value is -4.37. The van der Waals surface area contributed by atoms with Gasteiger partial charge in [-0.3, -0.25) is 14.4 Å². The van der Waals surface area contributed by atoms with E-state index in [1.54, 1.807) is 17.0 Å². The lowest BCUT2D eigenvalue weighted by atomic mass is 9.89. The van der Waals surface area contributed by atoms with Gasteiger partial charge in [-0.05, 0) is 115 Å². The van der Waals surface area contributed by atoms with Crippen molar-refractivity contribution in [3.8, 4) is 11.5 Å². The molecule has 4 rings (SSSR count). The third-order valence-corrected chi connectivity index (χ3v) is 10.1. The highest BCUT2D eigenvalue weighted by Gasteiger charge is 2.38. The van der Waals surface area contributed by atoms with E-state index in [1.807, 2.05) is 83.3 Å². The normalized spacial score (nSPS) is 21.3. The first-order valence-electron chi connectivity index (χ1n) is 18.7. The van der Waals surface area contributed by atoms with Gasteiger partial charge in [-0.15, -0.1) is 0 Å². The zero-order chi connectivity index (χ0) is 41.0. The van der Waals surface area contributed by atoms with Crippen molar-refractivity contribution >= 4 is 23.7 Å². The molecule has 0 aromatic heterocycles. The minimum absolute atomic E-state index is 0.126. The Balaban J connectivity index is 0.000000300. The monoisotopic (exact) mass is 777 g/mol. The minimum atomic E-state index is -4.68. The van der Waals surface area contributed by atoms with Crippen LogP contribution in [0.3, 0.4) is 0 Å². The predicted molar refractivity (Wildman–Crippen MR) is 202 cm³/mol. The maximum absolute atomic E-state index is 12.6. The van der Waals surface area contributed by atoms with E-state index in [0.29, 0.717) is 43.9 Å². The van der Waals surface area contributed by atoms with E-state index < -0.39 is 42.5 Å². The van der Waals surface area contributed by atoms with Gasteiger partial charge in [-0.2, -0.15) is 13.2 Å². The third-order valence-electron chi connectivity index (χ3n) is 10.1. The first-order valence-corrected chi connectivity index (χ1v) is 18.7. The molecule has 12 nitrogen and oxygen atoms in total. The van der Waals surface area contributed by atoms with Crippen molar-refractivity contribution < 1.29 is 46.6 Å². The van der Waals surface area contributed by atoms with Gasteiger partial charge in [0.25, 0.3) is 0 Å². The molecule has 2 aromatic rings. The summed E-state index contributed by atoms with van der Waals surface area (Å²) in [4.78, 5) is 55.2. The second-order valence-electron chi connectivity index (χ2n) is 15.3. The molecule has 0 saturated carbocycles. The second-order valence-corrected chi connectivity index (χ2v) is 15.3. The molecule has 0 radical (unpaired) electrons. The summed E-state index contributed by atoms with van der Waals surface area (Å²) < 4.78 is 52.9. The van der Waals surface area contributed by atoms with Gasteiger partial charge in [-0.25, -0.2) is 4.79 Å². The molecule has 2 aliphatic heterocycles. The van der Waals surface area contributed by atoms with Crippen LogP contribution in [0, 0.1) is 11.8 Å². The van der Waals surface area contributed by atoms with E-state index in [0.717, 1.165) is 36.1 Å². The number of carbonyl (C=O) groups is 4. The number of likely N-dealkylation sites (N-methyl/N-ethyl adjacent to an activating group) is 2. The largest absolute Gasteiger partial charge is 0.492 e. The van der Waals surface area contributed by atoms with Crippen LogP contribution in [0.2, 0.25) is 0 Å². The maximum atomic E-state index is 12.6. The van der Waals surface area contributed by atoms with Crippen molar-refractivity contribution in [1.82, 2.24) is 19.6 Å². The van der Waals surface area contributed by atoms with Gasteiger partial charge in [0.05, 0.1) is 12.1 Å². The second kappa shape index (κ2) is 20.5. The third kappa shape index (κ3) is 14.0. The zero-order valence-electron chi connectivity index (χ0n) is 33.3. The van der Waals surface area contributed by atoms with Crippen LogP contribution in [0.15, 0.2) is 48.5 Å². The van der Waals surface area contributed by atoms with Gasteiger partial charge >= 0.3 is 29.9 Å². The molecule has 0 bridgehead atoms. The number of likely N-dealkylation sites (tertiary alicyclic amines) is 2. The molecule has 0 aliphatic carbocycles. The molecule has 2 saturated heterocycles. The smallest absolute Gasteiger partial charge is 0.422 e. The van der Waals surface area contributed by atoms with E-state index >= 15 is 0 Å². The summed E-state index contributed by atoms with van der Waals surface area (Å²) in [6.07, 6.45) is -1.43.